The van der Waals surface area contributed by atoms with Gasteiger partial charge in [0, 0.05) is 20.0 Å². The van der Waals surface area contributed by atoms with Gasteiger partial charge < -0.3 is 10.4 Å². The summed E-state index contributed by atoms with van der Waals surface area (Å²) in [6.07, 6.45) is 1.03. The molecule has 1 aromatic heterocycles. The topological polar surface area (TPSA) is 100 Å². The van der Waals surface area contributed by atoms with Crippen molar-refractivity contribution >= 4 is 11.5 Å². The van der Waals surface area contributed by atoms with Gasteiger partial charge in [0.1, 0.15) is 11.8 Å². The number of carbonyl (C=O) groups excluding carboxylic acids is 1. The Kier molecular flexibility index (Phi) is 4.46. The fourth-order valence-electron chi connectivity index (χ4n) is 3.58. The van der Waals surface area contributed by atoms with Gasteiger partial charge in [-0.05, 0) is 30.0 Å². The van der Waals surface area contributed by atoms with Gasteiger partial charge in [-0.3, -0.25) is 13.9 Å². The maximum atomic E-state index is 12.8. The van der Waals surface area contributed by atoms with Gasteiger partial charge in [-0.1, -0.05) is 13.8 Å². The maximum Gasteiger partial charge on any atom is 0.333 e. The number of rotatable bonds is 4. The minimum absolute atomic E-state index is 0.0260. The molecule has 0 aliphatic heterocycles. The molecule has 26 heavy (non-hydrogen) atoms. The van der Waals surface area contributed by atoms with Crippen LogP contribution >= 0.6 is 0 Å². The van der Waals surface area contributed by atoms with Crippen LogP contribution in [-0.2, 0) is 13.5 Å². The van der Waals surface area contributed by atoms with Crippen LogP contribution in [0.2, 0.25) is 0 Å². The highest BCUT2D eigenvalue weighted by Gasteiger charge is 2.36. The third-order valence-electron chi connectivity index (χ3n) is 4.72. The SMILES string of the molecule is Cn1c2c(n(-c3ccc(C#N)c(NCCO)c3)c1=O)CC(C)(C)CC2=O. The van der Waals surface area contributed by atoms with E-state index in [1.54, 1.807) is 29.8 Å². The Balaban J connectivity index is 2.20. The minimum Gasteiger partial charge on any atom is -0.395 e. The van der Waals surface area contributed by atoms with Crippen molar-refractivity contribution in [1.29, 1.82) is 5.26 Å². The fraction of sp³-hybridized carbons (Fsp3) is 0.421. The molecule has 7 heteroatoms. The van der Waals surface area contributed by atoms with Crippen LogP contribution in [0.3, 0.4) is 0 Å². The molecule has 7 nitrogen and oxygen atoms in total. The number of aliphatic hydroxyl groups is 1. The van der Waals surface area contributed by atoms with Gasteiger partial charge in [0.15, 0.2) is 5.78 Å². The molecule has 0 radical (unpaired) electrons. The summed E-state index contributed by atoms with van der Waals surface area (Å²) >= 11 is 0. The summed E-state index contributed by atoms with van der Waals surface area (Å²) in [6.45, 7) is 4.26. The van der Waals surface area contributed by atoms with E-state index in [1.165, 1.54) is 4.57 Å². The van der Waals surface area contributed by atoms with Crippen molar-refractivity contribution in [2.45, 2.75) is 26.7 Å². The molecular formula is C19H22N4O3. The molecule has 1 aliphatic carbocycles. The van der Waals surface area contributed by atoms with Crippen LogP contribution in [0.4, 0.5) is 5.69 Å². The van der Waals surface area contributed by atoms with E-state index in [9.17, 15) is 14.9 Å². The van der Waals surface area contributed by atoms with Crippen LogP contribution in [0.1, 0.15) is 42.0 Å². The number of imidazole rings is 1. The number of fused-ring (bicyclic) bond motifs is 1. The molecule has 2 N–H and O–H groups in total. The first-order valence-corrected chi connectivity index (χ1v) is 8.52. The molecule has 1 aromatic carbocycles. The fourth-order valence-corrected chi connectivity index (χ4v) is 3.58. The Morgan fingerprint density at radius 2 is 2.04 bits per heavy atom. The molecule has 0 spiro atoms. The van der Waals surface area contributed by atoms with Crippen molar-refractivity contribution in [3.05, 3.63) is 45.6 Å². The van der Waals surface area contributed by atoms with E-state index >= 15 is 0 Å². The van der Waals surface area contributed by atoms with Gasteiger partial charge in [0.05, 0.1) is 29.2 Å². The second kappa shape index (κ2) is 6.46. The first-order chi connectivity index (χ1) is 12.3. The average molecular weight is 354 g/mol. The molecule has 136 valence electrons. The molecule has 0 atom stereocenters. The lowest BCUT2D eigenvalue weighted by molar-refractivity contribution is 0.0901. The Morgan fingerprint density at radius 3 is 2.69 bits per heavy atom. The first-order valence-electron chi connectivity index (χ1n) is 8.52. The van der Waals surface area contributed by atoms with Crippen LogP contribution in [0.15, 0.2) is 23.0 Å². The van der Waals surface area contributed by atoms with Crippen LogP contribution in [0, 0.1) is 16.7 Å². The third-order valence-corrected chi connectivity index (χ3v) is 4.72. The summed E-state index contributed by atoms with van der Waals surface area (Å²) in [5.41, 5.74) is 2.24. The lowest BCUT2D eigenvalue weighted by Crippen LogP contribution is -2.29. The van der Waals surface area contributed by atoms with Gasteiger partial charge in [-0.2, -0.15) is 5.26 Å². The number of benzene rings is 1. The molecular weight excluding hydrogens is 332 g/mol. The van der Waals surface area contributed by atoms with E-state index in [-0.39, 0.29) is 23.5 Å². The standard InChI is InChI=1S/C19H22N4O3/c1-19(2)9-15-17(16(25)10-19)22(3)18(26)23(15)13-5-4-12(11-20)14(8-13)21-6-7-24/h4-5,8,21,24H,6-7,9-10H2,1-3H3. The zero-order chi connectivity index (χ0) is 19.1. The number of aliphatic hydroxyl groups excluding tert-OH is 1. The highest BCUT2D eigenvalue weighted by atomic mass is 16.3. The third kappa shape index (κ3) is 2.93. The monoisotopic (exact) mass is 354 g/mol. The van der Waals surface area contributed by atoms with E-state index in [1.807, 2.05) is 13.8 Å². The summed E-state index contributed by atoms with van der Waals surface area (Å²) < 4.78 is 2.96. The highest BCUT2D eigenvalue weighted by molar-refractivity contribution is 5.97. The van der Waals surface area contributed by atoms with E-state index < -0.39 is 0 Å². The van der Waals surface area contributed by atoms with E-state index in [2.05, 4.69) is 11.4 Å². The number of aromatic nitrogens is 2. The molecule has 1 heterocycles. The predicted molar refractivity (Wildman–Crippen MR) is 97.7 cm³/mol. The lowest BCUT2D eigenvalue weighted by atomic mass is 9.77. The lowest BCUT2D eigenvalue weighted by Gasteiger charge is -2.29. The minimum atomic E-state index is -0.279. The molecule has 3 rings (SSSR count). The number of carbonyl (C=O) groups is 1. The Morgan fingerprint density at radius 1 is 1.31 bits per heavy atom. The molecule has 0 bridgehead atoms. The van der Waals surface area contributed by atoms with Crippen molar-refractivity contribution in [2.24, 2.45) is 12.5 Å². The summed E-state index contributed by atoms with van der Waals surface area (Å²) in [7, 11) is 1.61. The molecule has 2 aromatic rings. The average Bonchev–Trinajstić information content (AvgIpc) is 2.82. The molecule has 0 amide bonds. The number of ketones is 1. The van der Waals surface area contributed by atoms with Gasteiger partial charge in [-0.25, -0.2) is 4.79 Å². The molecule has 0 saturated heterocycles. The van der Waals surface area contributed by atoms with Crippen LogP contribution < -0.4 is 11.0 Å². The van der Waals surface area contributed by atoms with Crippen LogP contribution in [-0.4, -0.2) is 33.2 Å². The summed E-state index contributed by atoms with van der Waals surface area (Å²) in [4.78, 5) is 25.4. The predicted octanol–water partition coefficient (Wildman–Crippen LogP) is 1.61. The van der Waals surface area contributed by atoms with Gasteiger partial charge in [0.25, 0.3) is 0 Å². The number of hydrogen-bond donors (Lipinski definition) is 2. The van der Waals surface area contributed by atoms with Crippen LogP contribution in [0.25, 0.3) is 5.69 Å². The number of hydrogen-bond acceptors (Lipinski definition) is 5. The van der Waals surface area contributed by atoms with Crippen molar-refractivity contribution in [1.82, 2.24) is 9.13 Å². The van der Waals surface area contributed by atoms with Gasteiger partial charge in [-0.15, -0.1) is 0 Å². The molecule has 0 unspecified atom stereocenters. The van der Waals surface area contributed by atoms with Crippen molar-refractivity contribution in [3.63, 3.8) is 0 Å². The van der Waals surface area contributed by atoms with E-state index in [0.717, 1.165) is 0 Å². The second-order valence-electron chi connectivity index (χ2n) is 7.41. The summed E-state index contributed by atoms with van der Waals surface area (Å²) in [5.74, 6) is -0.0260. The van der Waals surface area contributed by atoms with Crippen LogP contribution in [0.5, 0.6) is 0 Å². The second-order valence-corrected chi connectivity index (χ2v) is 7.41. The number of nitriles is 1. The molecule has 1 aliphatic rings. The molecule has 0 saturated carbocycles. The summed E-state index contributed by atoms with van der Waals surface area (Å²) in [6, 6.07) is 7.15. The quantitative estimate of drug-likeness (QED) is 0.869. The Hall–Kier alpha value is -2.85. The number of anilines is 1. The number of nitrogens with zero attached hydrogens (tertiary/aromatic N) is 3. The van der Waals surface area contributed by atoms with E-state index in [0.29, 0.717) is 47.7 Å². The van der Waals surface area contributed by atoms with Crippen molar-refractivity contribution < 1.29 is 9.90 Å². The molecule has 0 fully saturated rings. The smallest absolute Gasteiger partial charge is 0.333 e. The Bertz CT molecular complexity index is 976. The zero-order valence-corrected chi connectivity index (χ0v) is 15.2. The zero-order valence-electron chi connectivity index (χ0n) is 15.2. The largest absolute Gasteiger partial charge is 0.395 e. The first kappa shape index (κ1) is 18.0. The van der Waals surface area contributed by atoms with E-state index in [4.69, 9.17) is 5.11 Å². The highest BCUT2D eigenvalue weighted by Crippen LogP contribution is 2.35. The van der Waals surface area contributed by atoms with Crippen molar-refractivity contribution in [3.8, 4) is 11.8 Å². The van der Waals surface area contributed by atoms with Crippen molar-refractivity contribution in [2.75, 3.05) is 18.5 Å². The Labute approximate surface area is 151 Å². The van der Waals surface area contributed by atoms with Gasteiger partial charge >= 0.3 is 5.69 Å². The van der Waals surface area contributed by atoms with Gasteiger partial charge in [0.2, 0.25) is 0 Å². The maximum absolute atomic E-state index is 12.8. The number of nitrogens with one attached hydrogen (secondary N) is 1. The number of Topliss-reactive ketones (excluding diaryl/α,β-unsaturated/α-hetero) is 1. The summed E-state index contributed by atoms with van der Waals surface area (Å²) in [5, 5.41) is 21.3. The normalized spacial score (nSPS) is 15.4.